The number of anilines is 1. The molecule has 4 rings (SSSR count). The van der Waals surface area contributed by atoms with Crippen molar-refractivity contribution in [3.05, 3.63) is 48.0 Å². The van der Waals surface area contributed by atoms with E-state index in [-0.39, 0.29) is 37.0 Å². The van der Waals surface area contributed by atoms with Crippen LogP contribution >= 0.6 is 0 Å². The number of halogens is 3. The third kappa shape index (κ3) is 5.59. The molecule has 37 heavy (non-hydrogen) atoms. The average Bonchev–Trinajstić information content (AvgIpc) is 2.88. The van der Waals surface area contributed by atoms with Crippen LogP contribution in [0.2, 0.25) is 0 Å². The number of sulfonamides is 2. The molecule has 0 unspecified atom stereocenters. The predicted octanol–water partition coefficient (Wildman–Crippen LogP) is 3.65. The van der Waals surface area contributed by atoms with Crippen LogP contribution < -0.4 is 9.64 Å². The van der Waals surface area contributed by atoms with E-state index in [1.165, 1.54) is 29.6 Å². The van der Waals surface area contributed by atoms with Crippen LogP contribution in [-0.2, 0) is 26.2 Å². The molecular weight excluding hydrogens is 531 g/mol. The quantitative estimate of drug-likeness (QED) is 0.535. The van der Waals surface area contributed by atoms with E-state index in [4.69, 9.17) is 4.74 Å². The number of nitrogens with zero attached hydrogens (tertiary/aromatic N) is 3. The highest BCUT2D eigenvalue weighted by Gasteiger charge is 2.40. The zero-order valence-electron chi connectivity index (χ0n) is 20.6. The molecule has 2 aliphatic heterocycles. The van der Waals surface area contributed by atoms with Gasteiger partial charge in [0.05, 0.1) is 28.2 Å². The summed E-state index contributed by atoms with van der Waals surface area (Å²) in [5.41, 5.74) is -0.717. The normalized spacial score (nSPS) is 20.7. The molecule has 2 saturated heterocycles. The van der Waals surface area contributed by atoms with Gasteiger partial charge in [0.15, 0.2) is 0 Å². The Balaban J connectivity index is 1.57. The number of hydrogen-bond donors (Lipinski definition) is 0. The van der Waals surface area contributed by atoms with Crippen LogP contribution in [0.15, 0.2) is 52.3 Å². The Hall–Kier alpha value is -2.35. The first-order valence-corrected chi connectivity index (χ1v) is 14.8. The maximum atomic E-state index is 13.4. The third-order valence-electron chi connectivity index (χ3n) is 6.80. The summed E-state index contributed by atoms with van der Waals surface area (Å²) in [7, 11) is -6.67. The molecule has 0 amide bonds. The van der Waals surface area contributed by atoms with Gasteiger partial charge in [-0.15, -0.1) is 0 Å². The van der Waals surface area contributed by atoms with E-state index < -0.39 is 36.7 Å². The molecule has 0 aliphatic carbocycles. The van der Waals surface area contributed by atoms with Gasteiger partial charge in [0, 0.05) is 39.3 Å². The fourth-order valence-corrected chi connectivity index (χ4v) is 8.08. The summed E-state index contributed by atoms with van der Waals surface area (Å²) in [6.45, 7) is 3.06. The van der Waals surface area contributed by atoms with Gasteiger partial charge < -0.3 is 9.64 Å². The summed E-state index contributed by atoms with van der Waals surface area (Å²) in [6.07, 6.45) is -3.05. The van der Waals surface area contributed by atoms with Gasteiger partial charge in [-0.05, 0) is 49.1 Å². The second-order valence-electron chi connectivity index (χ2n) is 9.33. The summed E-state index contributed by atoms with van der Waals surface area (Å²) < 4.78 is 101. The Bertz CT molecular complexity index is 1340. The smallest absolute Gasteiger partial charge is 0.417 e. The van der Waals surface area contributed by atoms with Crippen molar-refractivity contribution in [1.29, 1.82) is 0 Å². The molecule has 0 bridgehead atoms. The van der Waals surface area contributed by atoms with Crippen molar-refractivity contribution in [1.82, 2.24) is 8.61 Å². The van der Waals surface area contributed by atoms with E-state index in [1.54, 1.807) is 11.0 Å². The lowest BCUT2D eigenvalue weighted by molar-refractivity contribution is -0.139. The van der Waals surface area contributed by atoms with Gasteiger partial charge in [0.25, 0.3) is 0 Å². The second-order valence-corrected chi connectivity index (χ2v) is 13.2. The number of hydrogen-bond acceptors (Lipinski definition) is 6. The first kappa shape index (κ1) is 27.7. The highest BCUT2D eigenvalue weighted by Crippen LogP contribution is 2.37. The maximum absolute atomic E-state index is 13.4. The second kappa shape index (κ2) is 10.4. The van der Waals surface area contributed by atoms with Crippen molar-refractivity contribution in [2.45, 2.75) is 35.7 Å². The molecule has 2 aliphatic rings. The van der Waals surface area contributed by atoms with Gasteiger partial charge in [-0.3, -0.25) is 0 Å². The van der Waals surface area contributed by atoms with Gasteiger partial charge in [0.1, 0.15) is 5.75 Å². The van der Waals surface area contributed by atoms with E-state index in [9.17, 15) is 30.0 Å². The molecule has 204 valence electrons. The first-order valence-electron chi connectivity index (χ1n) is 11.9. The highest BCUT2D eigenvalue weighted by molar-refractivity contribution is 7.89. The third-order valence-corrected chi connectivity index (χ3v) is 10.6. The summed E-state index contributed by atoms with van der Waals surface area (Å²) in [4.78, 5) is 1.13. The SMILES string of the molecule is COc1ccc(S(=O)(=O)N2CCC[C@@H](C)C2)cc1N1CCN(S(=O)(=O)c2ccccc2C(F)(F)F)CC1. The van der Waals surface area contributed by atoms with Crippen LogP contribution in [0.1, 0.15) is 25.3 Å². The minimum absolute atomic E-state index is 0.0711. The number of ether oxygens (including phenoxy) is 1. The summed E-state index contributed by atoms with van der Waals surface area (Å²) in [5, 5.41) is 0. The number of methoxy groups -OCH3 is 1. The number of piperidine rings is 1. The topological polar surface area (TPSA) is 87.2 Å². The lowest BCUT2D eigenvalue weighted by Crippen LogP contribution is -2.49. The van der Waals surface area contributed by atoms with Gasteiger partial charge in [-0.25, -0.2) is 16.8 Å². The van der Waals surface area contributed by atoms with E-state index in [2.05, 4.69) is 0 Å². The minimum Gasteiger partial charge on any atom is -0.495 e. The molecule has 8 nitrogen and oxygen atoms in total. The van der Waals surface area contributed by atoms with E-state index >= 15 is 0 Å². The molecule has 0 spiro atoms. The molecule has 2 fully saturated rings. The molecule has 2 aromatic carbocycles. The summed E-state index contributed by atoms with van der Waals surface area (Å²) in [5.74, 6) is 0.684. The fraction of sp³-hybridized carbons (Fsp3) is 0.500. The minimum atomic E-state index is -4.81. The Morgan fingerprint density at radius 1 is 0.892 bits per heavy atom. The monoisotopic (exact) mass is 561 g/mol. The predicted molar refractivity (Wildman–Crippen MR) is 133 cm³/mol. The molecule has 0 radical (unpaired) electrons. The van der Waals surface area contributed by atoms with E-state index in [0.717, 1.165) is 35.3 Å². The maximum Gasteiger partial charge on any atom is 0.417 e. The average molecular weight is 562 g/mol. The van der Waals surface area contributed by atoms with Crippen LogP contribution in [0.25, 0.3) is 0 Å². The van der Waals surface area contributed by atoms with E-state index in [1.807, 2.05) is 6.92 Å². The van der Waals surface area contributed by atoms with Crippen molar-refractivity contribution in [2.75, 3.05) is 51.3 Å². The highest BCUT2D eigenvalue weighted by atomic mass is 32.2. The Labute approximate surface area is 215 Å². The van der Waals surface area contributed by atoms with Gasteiger partial charge in [-0.2, -0.15) is 21.8 Å². The molecular formula is C24H30F3N3O5S2. The van der Waals surface area contributed by atoms with Gasteiger partial charge in [0.2, 0.25) is 20.0 Å². The van der Waals surface area contributed by atoms with Gasteiger partial charge >= 0.3 is 6.18 Å². The Kier molecular flexibility index (Phi) is 7.80. The van der Waals surface area contributed by atoms with Crippen molar-refractivity contribution >= 4 is 25.7 Å². The Morgan fingerprint density at radius 2 is 1.57 bits per heavy atom. The molecule has 0 N–H and O–H groups in total. The van der Waals surface area contributed by atoms with Crippen molar-refractivity contribution in [2.24, 2.45) is 5.92 Å². The zero-order valence-corrected chi connectivity index (χ0v) is 22.2. The molecule has 0 saturated carbocycles. The largest absolute Gasteiger partial charge is 0.495 e. The summed E-state index contributed by atoms with van der Waals surface area (Å²) >= 11 is 0. The van der Waals surface area contributed by atoms with Gasteiger partial charge in [-0.1, -0.05) is 19.1 Å². The molecule has 13 heteroatoms. The standard InChI is InChI=1S/C24H30F3N3O5S2/c1-18-6-5-11-30(17-18)36(31,32)19-9-10-22(35-2)21(16-19)28-12-14-29(15-13-28)37(33,34)23-8-4-3-7-20(23)24(25,26)27/h3-4,7-10,16,18H,5-6,11-15,17H2,1-2H3/t18-/m1/s1. The van der Waals surface area contributed by atoms with Crippen molar-refractivity contribution in [3.63, 3.8) is 0 Å². The van der Waals surface area contributed by atoms with Crippen LogP contribution in [0.5, 0.6) is 5.75 Å². The lowest BCUT2D eigenvalue weighted by Gasteiger charge is -2.36. The molecule has 0 aromatic heterocycles. The first-order chi connectivity index (χ1) is 17.4. The van der Waals surface area contributed by atoms with Crippen molar-refractivity contribution in [3.8, 4) is 5.75 Å². The Morgan fingerprint density at radius 3 is 2.19 bits per heavy atom. The van der Waals surface area contributed by atoms with Crippen LogP contribution in [0.3, 0.4) is 0 Å². The lowest BCUT2D eigenvalue weighted by atomic mass is 10.0. The number of piperazine rings is 1. The molecule has 1 atom stereocenters. The van der Waals surface area contributed by atoms with E-state index in [0.29, 0.717) is 24.5 Å². The fourth-order valence-electron chi connectivity index (χ4n) is 4.83. The molecule has 2 aromatic rings. The number of rotatable bonds is 6. The molecule has 2 heterocycles. The summed E-state index contributed by atoms with van der Waals surface area (Å²) in [6, 6.07) is 8.71. The van der Waals surface area contributed by atoms with Crippen LogP contribution in [0.4, 0.5) is 18.9 Å². The van der Waals surface area contributed by atoms with Crippen molar-refractivity contribution < 1.29 is 34.7 Å². The zero-order chi connectivity index (χ0) is 27.0. The van der Waals surface area contributed by atoms with Crippen LogP contribution in [0, 0.1) is 5.92 Å². The van der Waals surface area contributed by atoms with Crippen LogP contribution in [-0.4, -0.2) is 71.8 Å². The number of alkyl halides is 3. The number of benzene rings is 2.